The van der Waals surface area contributed by atoms with E-state index in [4.69, 9.17) is 9.47 Å². The molecular weight excluding hydrogens is 193 g/mol. The van der Waals surface area contributed by atoms with E-state index < -0.39 is 12.3 Å². The standard InChI is InChI=1S/C9H11NO4.Li/c1-13-9(14-2)6-3-4-7(8(11)12)10-5-6;/h3-5,9H,1-2H3,(H,11,12);/q;+1/p-1. The second-order valence-electron chi connectivity index (χ2n) is 2.57. The predicted molar refractivity (Wildman–Crippen MR) is 45.3 cm³/mol. The Bertz CT molecular complexity index is 310. The summed E-state index contributed by atoms with van der Waals surface area (Å²) < 4.78 is 9.92. The summed E-state index contributed by atoms with van der Waals surface area (Å²) >= 11 is 0. The Morgan fingerprint density at radius 2 is 2.00 bits per heavy atom. The molecule has 1 rings (SSSR count). The van der Waals surface area contributed by atoms with Crippen LogP contribution in [0.2, 0.25) is 0 Å². The molecule has 0 aliphatic rings. The minimum atomic E-state index is -1.30. The van der Waals surface area contributed by atoms with Gasteiger partial charge in [0, 0.05) is 26.0 Å². The monoisotopic (exact) mass is 203 g/mol. The van der Waals surface area contributed by atoms with Crippen LogP contribution in [0.4, 0.5) is 0 Å². The van der Waals surface area contributed by atoms with E-state index in [1.165, 1.54) is 26.5 Å². The molecule has 1 aromatic heterocycles. The van der Waals surface area contributed by atoms with Crippen LogP contribution in [-0.2, 0) is 9.47 Å². The number of carbonyl (C=O) groups is 1. The molecule has 5 nitrogen and oxygen atoms in total. The number of methoxy groups -OCH3 is 2. The number of ether oxygens (including phenoxy) is 2. The first kappa shape index (κ1) is 14.1. The predicted octanol–water partition coefficient (Wildman–Crippen LogP) is -3.26. The van der Waals surface area contributed by atoms with E-state index >= 15 is 0 Å². The van der Waals surface area contributed by atoms with Crippen LogP contribution < -0.4 is 24.0 Å². The topological polar surface area (TPSA) is 71.5 Å². The van der Waals surface area contributed by atoms with Gasteiger partial charge in [0.05, 0.1) is 11.7 Å². The van der Waals surface area contributed by atoms with E-state index in [-0.39, 0.29) is 24.6 Å². The Labute approximate surface area is 99.6 Å². The average molecular weight is 203 g/mol. The van der Waals surface area contributed by atoms with Crippen molar-refractivity contribution < 1.29 is 38.2 Å². The Balaban J connectivity index is 0.00000196. The van der Waals surface area contributed by atoms with Crippen LogP contribution in [0, 0.1) is 0 Å². The molecular formula is C9H10LiNO4. The first-order valence-electron chi connectivity index (χ1n) is 3.92. The largest absolute Gasteiger partial charge is 1.00 e. The molecule has 0 unspecified atom stereocenters. The third-order valence-corrected chi connectivity index (χ3v) is 1.70. The maximum atomic E-state index is 10.4. The molecule has 1 aromatic rings. The third-order valence-electron chi connectivity index (χ3n) is 1.70. The Morgan fingerprint density at radius 3 is 2.33 bits per heavy atom. The number of hydrogen-bond acceptors (Lipinski definition) is 5. The van der Waals surface area contributed by atoms with Crippen LogP contribution in [0.25, 0.3) is 0 Å². The van der Waals surface area contributed by atoms with Gasteiger partial charge in [-0.2, -0.15) is 0 Å². The van der Waals surface area contributed by atoms with Gasteiger partial charge in [0.25, 0.3) is 0 Å². The summed E-state index contributed by atoms with van der Waals surface area (Å²) in [6.45, 7) is 0. The summed E-state index contributed by atoms with van der Waals surface area (Å²) in [6, 6.07) is 2.91. The molecule has 0 bridgehead atoms. The van der Waals surface area contributed by atoms with E-state index in [0.29, 0.717) is 5.56 Å². The van der Waals surface area contributed by atoms with Gasteiger partial charge in [-0.25, -0.2) is 0 Å². The summed E-state index contributed by atoms with van der Waals surface area (Å²) in [7, 11) is 2.97. The number of pyridine rings is 1. The Kier molecular flexibility index (Phi) is 6.21. The van der Waals surface area contributed by atoms with Gasteiger partial charge in [0.15, 0.2) is 6.29 Å². The van der Waals surface area contributed by atoms with Crippen LogP contribution in [0.5, 0.6) is 0 Å². The van der Waals surface area contributed by atoms with Crippen molar-refractivity contribution in [1.82, 2.24) is 4.98 Å². The van der Waals surface area contributed by atoms with Crippen molar-refractivity contribution in [2.24, 2.45) is 0 Å². The smallest absolute Gasteiger partial charge is 0.543 e. The van der Waals surface area contributed by atoms with Crippen molar-refractivity contribution in [1.29, 1.82) is 0 Å². The summed E-state index contributed by atoms with van der Waals surface area (Å²) in [4.78, 5) is 14.1. The van der Waals surface area contributed by atoms with Crippen LogP contribution in [0.15, 0.2) is 18.3 Å². The number of nitrogens with zero attached hydrogens (tertiary/aromatic N) is 1. The van der Waals surface area contributed by atoms with Crippen LogP contribution in [0.1, 0.15) is 22.3 Å². The number of rotatable bonds is 4. The molecule has 0 aromatic carbocycles. The molecule has 0 saturated carbocycles. The third kappa shape index (κ3) is 3.65. The van der Waals surface area contributed by atoms with Crippen molar-refractivity contribution in [2.75, 3.05) is 14.2 Å². The molecule has 6 heteroatoms. The molecule has 0 N–H and O–H groups in total. The van der Waals surface area contributed by atoms with Gasteiger partial charge in [0.1, 0.15) is 0 Å². The molecule has 0 aliphatic carbocycles. The minimum Gasteiger partial charge on any atom is -0.543 e. The summed E-state index contributed by atoms with van der Waals surface area (Å²) in [5.74, 6) is -1.30. The van der Waals surface area contributed by atoms with Gasteiger partial charge in [-0.3, -0.25) is 4.98 Å². The van der Waals surface area contributed by atoms with Crippen molar-refractivity contribution in [3.63, 3.8) is 0 Å². The molecule has 0 amide bonds. The zero-order valence-corrected chi connectivity index (χ0v) is 8.89. The molecule has 76 valence electrons. The van der Waals surface area contributed by atoms with E-state index in [9.17, 15) is 9.90 Å². The van der Waals surface area contributed by atoms with Crippen LogP contribution in [0.3, 0.4) is 0 Å². The average Bonchev–Trinajstić information content (AvgIpc) is 2.20. The Hall–Kier alpha value is -0.863. The Morgan fingerprint density at radius 1 is 1.40 bits per heavy atom. The molecule has 15 heavy (non-hydrogen) atoms. The number of hydrogen-bond donors (Lipinski definition) is 0. The van der Waals surface area contributed by atoms with Crippen LogP contribution >= 0.6 is 0 Å². The molecule has 1 heterocycles. The summed E-state index contributed by atoms with van der Waals surface area (Å²) in [5.41, 5.74) is 0.541. The van der Waals surface area contributed by atoms with Crippen molar-refractivity contribution >= 4 is 5.97 Å². The fraction of sp³-hybridized carbons (Fsp3) is 0.333. The summed E-state index contributed by atoms with van der Waals surface area (Å²) in [5, 5.41) is 10.4. The minimum absolute atomic E-state index is 0. The molecule has 0 fully saturated rings. The SMILES string of the molecule is COC(OC)c1ccc(C(=O)[O-])nc1.[Li+]. The number of carboxylic acid groups (broad SMARTS) is 1. The second kappa shape index (κ2) is 6.59. The van der Waals surface area contributed by atoms with Gasteiger partial charge in [-0.1, -0.05) is 6.07 Å². The van der Waals surface area contributed by atoms with E-state index in [1.54, 1.807) is 6.07 Å². The van der Waals surface area contributed by atoms with Crippen molar-refractivity contribution in [3.05, 3.63) is 29.6 Å². The normalized spacial score (nSPS) is 9.80. The first-order valence-corrected chi connectivity index (χ1v) is 3.92. The zero-order valence-electron chi connectivity index (χ0n) is 8.89. The maximum absolute atomic E-state index is 10.4. The van der Waals surface area contributed by atoms with Gasteiger partial charge in [-0.05, 0) is 6.07 Å². The molecule has 0 saturated heterocycles. The molecule has 0 radical (unpaired) electrons. The zero-order chi connectivity index (χ0) is 10.6. The number of carboxylic acids is 1. The van der Waals surface area contributed by atoms with E-state index in [0.717, 1.165) is 0 Å². The van der Waals surface area contributed by atoms with E-state index in [2.05, 4.69) is 4.98 Å². The van der Waals surface area contributed by atoms with Crippen molar-refractivity contribution in [2.45, 2.75) is 6.29 Å². The number of aromatic carboxylic acids is 1. The fourth-order valence-corrected chi connectivity index (χ4v) is 1.03. The first-order chi connectivity index (χ1) is 6.69. The quantitative estimate of drug-likeness (QED) is 0.379. The molecule has 0 atom stereocenters. The van der Waals surface area contributed by atoms with Crippen LogP contribution in [-0.4, -0.2) is 25.2 Å². The van der Waals surface area contributed by atoms with Crippen molar-refractivity contribution in [3.8, 4) is 0 Å². The van der Waals surface area contributed by atoms with Gasteiger partial charge < -0.3 is 19.4 Å². The van der Waals surface area contributed by atoms with Gasteiger partial charge >= 0.3 is 18.9 Å². The van der Waals surface area contributed by atoms with E-state index in [1.807, 2.05) is 0 Å². The molecule has 0 aliphatic heterocycles. The molecule has 0 spiro atoms. The number of aromatic nitrogens is 1. The van der Waals surface area contributed by atoms with Gasteiger partial charge in [-0.15, -0.1) is 0 Å². The fourth-order valence-electron chi connectivity index (χ4n) is 1.03. The van der Waals surface area contributed by atoms with Gasteiger partial charge in [0.2, 0.25) is 0 Å². The summed E-state index contributed by atoms with van der Waals surface area (Å²) in [6.07, 6.45) is 0.848. The number of carbonyl (C=O) groups excluding carboxylic acids is 1. The second-order valence-corrected chi connectivity index (χ2v) is 2.57. The maximum Gasteiger partial charge on any atom is 1.00 e.